The Morgan fingerprint density at radius 1 is 1.13 bits per heavy atom. The molecule has 3 aromatic rings. The molecule has 0 saturated heterocycles. The molecule has 162 valence electrons. The summed E-state index contributed by atoms with van der Waals surface area (Å²) in [4.78, 5) is 29.4. The normalized spacial score (nSPS) is 12.0. The number of sulfonamides is 1. The zero-order valence-electron chi connectivity index (χ0n) is 17.0. The van der Waals surface area contributed by atoms with Crippen LogP contribution in [-0.2, 0) is 32.5 Å². The molecule has 0 aliphatic heterocycles. The first-order chi connectivity index (χ1) is 14.7. The zero-order chi connectivity index (χ0) is 22.6. The SMILES string of the molecule is COC(=O)Cc1[nH]n(-c2ccccc2)c(=O)c1C(C)=NCc1ccc(S(N)(=O)=O)cc1. The number of hydrogen-bond donors (Lipinski definition) is 2. The standard InChI is InChI=1S/C21H22N4O5S/c1-14(23-13-15-8-10-17(11-9-15)31(22,28)29)20-18(12-19(26)30-2)24-25(21(20)27)16-6-4-3-5-7-16/h3-11,24H,12-13H2,1-2H3,(H2,22,28,29). The van der Waals surface area contributed by atoms with Crippen LogP contribution in [0.4, 0.5) is 0 Å². The average molecular weight is 442 g/mol. The summed E-state index contributed by atoms with van der Waals surface area (Å²) in [5, 5.41) is 8.08. The molecular formula is C21H22N4O5S. The number of hydrogen-bond acceptors (Lipinski definition) is 6. The van der Waals surface area contributed by atoms with Gasteiger partial charge in [0.2, 0.25) is 10.0 Å². The quantitative estimate of drug-likeness (QED) is 0.422. The summed E-state index contributed by atoms with van der Waals surface area (Å²) in [7, 11) is -2.49. The topological polar surface area (TPSA) is 137 Å². The van der Waals surface area contributed by atoms with Gasteiger partial charge in [0.05, 0.1) is 41.9 Å². The first kappa shape index (κ1) is 22.2. The van der Waals surface area contributed by atoms with Crippen LogP contribution in [0.3, 0.4) is 0 Å². The third-order valence-electron chi connectivity index (χ3n) is 4.64. The number of carbonyl (C=O) groups excluding carboxylic acids is 1. The Morgan fingerprint density at radius 2 is 1.77 bits per heavy atom. The maximum absolute atomic E-state index is 13.1. The van der Waals surface area contributed by atoms with Crippen molar-refractivity contribution in [3.8, 4) is 5.69 Å². The molecule has 10 heteroatoms. The number of aliphatic imine (C=N–C) groups is 1. The van der Waals surface area contributed by atoms with Gasteiger partial charge in [-0.1, -0.05) is 30.3 Å². The molecule has 0 bridgehead atoms. The van der Waals surface area contributed by atoms with Crippen LogP contribution in [0.15, 0.2) is 69.3 Å². The van der Waals surface area contributed by atoms with Gasteiger partial charge in [0.25, 0.3) is 5.56 Å². The maximum atomic E-state index is 13.1. The number of para-hydroxylation sites is 1. The number of nitrogens with zero attached hydrogens (tertiary/aromatic N) is 2. The molecule has 0 fully saturated rings. The van der Waals surface area contributed by atoms with Crippen molar-refractivity contribution in [2.75, 3.05) is 7.11 Å². The molecule has 0 unspecified atom stereocenters. The summed E-state index contributed by atoms with van der Waals surface area (Å²) in [6.07, 6.45) is -0.114. The third kappa shape index (κ3) is 5.16. The lowest BCUT2D eigenvalue weighted by Gasteiger charge is -2.03. The largest absolute Gasteiger partial charge is 0.469 e. The highest BCUT2D eigenvalue weighted by atomic mass is 32.2. The Bertz CT molecular complexity index is 1270. The fraction of sp³-hybridized carbons (Fsp3) is 0.190. The second-order valence-corrected chi connectivity index (χ2v) is 8.35. The number of methoxy groups -OCH3 is 1. The van der Waals surface area contributed by atoms with E-state index in [9.17, 15) is 18.0 Å². The van der Waals surface area contributed by atoms with E-state index in [-0.39, 0.29) is 29.0 Å². The number of rotatable bonds is 7. The van der Waals surface area contributed by atoms with E-state index < -0.39 is 16.0 Å². The molecule has 0 aliphatic carbocycles. The Balaban J connectivity index is 1.96. The van der Waals surface area contributed by atoms with Crippen molar-refractivity contribution < 1.29 is 17.9 Å². The van der Waals surface area contributed by atoms with E-state index in [1.54, 1.807) is 43.3 Å². The summed E-state index contributed by atoms with van der Waals surface area (Å²) in [5.41, 5.74) is 2.14. The molecular weight excluding hydrogens is 420 g/mol. The first-order valence-corrected chi connectivity index (χ1v) is 10.8. The van der Waals surface area contributed by atoms with Gasteiger partial charge >= 0.3 is 5.97 Å². The number of esters is 1. The lowest BCUT2D eigenvalue weighted by atomic mass is 10.1. The fourth-order valence-electron chi connectivity index (χ4n) is 3.03. The summed E-state index contributed by atoms with van der Waals surface area (Å²) in [6, 6.07) is 15.0. The Kier molecular flexibility index (Phi) is 6.52. The van der Waals surface area contributed by atoms with E-state index in [1.165, 1.54) is 23.9 Å². The van der Waals surface area contributed by atoms with E-state index in [0.29, 0.717) is 17.1 Å². The summed E-state index contributed by atoms with van der Waals surface area (Å²) in [5.74, 6) is -0.492. The number of aromatic nitrogens is 2. The molecule has 3 rings (SSSR count). The van der Waals surface area contributed by atoms with Crippen LogP contribution < -0.4 is 10.7 Å². The van der Waals surface area contributed by atoms with Crippen LogP contribution in [0.5, 0.6) is 0 Å². The van der Waals surface area contributed by atoms with Gasteiger partial charge in [-0.25, -0.2) is 18.2 Å². The molecule has 31 heavy (non-hydrogen) atoms. The van der Waals surface area contributed by atoms with Crippen molar-refractivity contribution >= 4 is 21.7 Å². The fourth-order valence-corrected chi connectivity index (χ4v) is 3.55. The van der Waals surface area contributed by atoms with E-state index in [4.69, 9.17) is 9.88 Å². The van der Waals surface area contributed by atoms with Crippen molar-refractivity contribution in [1.29, 1.82) is 0 Å². The van der Waals surface area contributed by atoms with Gasteiger partial charge in [0.1, 0.15) is 0 Å². The number of carbonyl (C=O) groups is 1. The van der Waals surface area contributed by atoms with Crippen LogP contribution in [-0.4, -0.2) is 37.0 Å². The number of ether oxygens (including phenoxy) is 1. The predicted octanol–water partition coefficient (Wildman–Crippen LogP) is 1.54. The minimum absolute atomic E-state index is 0.00805. The molecule has 0 spiro atoms. The molecule has 0 radical (unpaired) electrons. The molecule has 0 saturated carbocycles. The monoisotopic (exact) mass is 442 g/mol. The van der Waals surface area contributed by atoms with Crippen LogP contribution in [0.2, 0.25) is 0 Å². The van der Waals surface area contributed by atoms with Crippen LogP contribution in [0, 0.1) is 0 Å². The highest BCUT2D eigenvalue weighted by Gasteiger charge is 2.20. The average Bonchev–Trinajstić information content (AvgIpc) is 3.08. The number of nitrogens with one attached hydrogen (secondary N) is 1. The van der Waals surface area contributed by atoms with Gasteiger partial charge in [-0.2, -0.15) is 0 Å². The predicted molar refractivity (Wildman–Crippen MR) is 116 cm³/mol. The lowest BCUT2D eigenvalue weighted by Crippen LogP contribution is -2.20. The van der Waals surface area contributed by atoms with E-state index in [0.717, 1.165) is 5.56 Å². The molecule has 1 aromatic heterocycles. The van der Waals surface area contributed by atoms with Gasteiger partial charge < -0.3 is 4.74 Å². The molecule has 2 aromatic carbocycles. The number of benzene rings is 2. The second kappa shape index (κ2) is 9.11. The second-order valence-electron chi connectivity index (χ2n) is 6.78. The molecule has 0 atom stereocenters. The molecule has 0 aliphatic rings. The smallest absolute Gasteiger partial charge is 0.311 e. The van der Waals surface area contributed by atoms with Crippen molar-refractivity contribution in [3.05, 3.63) is 81.8 Å². The maximum Gasteiger partial charge on any atom is 0.311 e. The van der Waals surface area contributed by atoms with E-state index in [2.05, 4.69) is 10.1 Å². The van der Waals surface area contributed by atoms with E-state index in [1.807, 2.05) is 6.07 Å². The zero-order valence-corrected chi connectivity index (χ0v) is 17.8. The van der Waals surface area contributed by atoms with Crippen molar-refractivity contribution in [2.45, 2.75) is 24.8 Å². The van der Waals surface area contributed by atoms with Crippen molar-refractivity contribution in [3.63, 3.8) is 0 Å². The molecule has 3 N–H and O–H groups in total. The van der Waals surface area contributed by atoms with Crippen molar-refractivity contribution in [1.82, 2.24) is 9.78 Å². The van der Waals surface area contributed by atoms with Gasteiger partial charge in [-0.3, -0.25) is 19.7 Å². The summed E-state index contributed by atoms with van der Waals surface area (Å²) >= 11 is 0. The number of primary sulfonamides is 1. The molecule has 0 amide bonds. The van der Waals surface area contributed by atoms with Crippen LogP contribution in [0.25, 0.3) is 5.69 Å². The van der Waals surface area contributed by atoms with Gasteiger partial charge in [0, 0.05) is 5.71 Å². The van der Waals surface area contributed by atoms with E-state index >= 15 is 0 Å². The summed E-state index contributed by atoms with van der Waals surface area (Å²) < 4.78 is 28.8. The molecule has 9 nitrogen and oxygen atoms in total. The minimum Gasteiger partial charge on any atom is -0.469 e. The number of aromatic amines is 1. The minimum atomic E-state index is -3.77. The Morgan fingerprint density at radius 3 is 2.35 bits per heavy atom. The van der Waals surface area contributed by atoms with Gasteiger partial charge in [0.15, 0.2) is 0 Å². The Labute approximate surface area is 179 Å². The molecule has 1 heterocycles. The van der Waals surface area contributed by atoms with Crippen LogP contribution in [0.1, 0.15) is 23.7 Å². The number of H-pyrrole nitrogens is 1. The number of nitrogens with two attached hydrogens (primary N) is 1. The third-order valence-corrected chi connectivity index (χ3v) is 5.57. The highest BCUT2D eigenvalue weighted by molar-refractivity contribution is 7.89. The highest BCUT2D eigenvalue weighted by Crippen LogP contribution is 2.13. The van der Waals surface area contributed by atoms with Gasteiger partial charge in [-0.05, 0) is 36.8 Å². The first-order valence-electron chi connectivity index (χ1n) is 9.30. The lowest BCUT2D eigenvalue weighted by molar-refractivity contribution is -0.139. The van der Waals surface area contributed by atoms with Crippen LogP contribution >= 0.6 is 0 Å². The van der Waals surface area contributed by atoms with Gasteiger partial charge in [-0.15, -0.1) is 0 Å². The Hall–Kier alpha value is -3.50. The summed E-state index contributed by atoms with van der Waals surface area (Å²) in [6.45, 7) is 1.89. The van der Waals surface area contributed by atoms with Crippen molar-refractivity contribution in [2.24, 2.45) is 10.1 Å².